The zero-order chi connectivity index (χ0) is 25.6. The molecule has 35 heavy (non-hydrogen) atoms. The van der Waals surface area contributed by atoms with E-state index in [1.54, 1.807) is 0 Å². The summed E-state index contributed by atoms with van der Waals surface area (Å²) in [5, 5.41) is 79.5. The smallest absolute Gasteiger partial charge is 0.238 e. The molecule has 0 radical (unpaired) electrons. The third-order valence-corrected chi connectivity index (χ3v) is 5.56. The average molecular weight is 494 g/mol. The molecular weight excluding hydrogens is 472 g/mol. The maximum atomic E-state index is 12.8. The lowest BCUT2D eigenvalue weighted by Gasteiger charge is -2.39. The third kappa shape index (κ3) is 4.15. The Morgan fingerprint density at radius 1 is 0.914 bits per heavy atom. The van der Waals surface area contributed by atoms with E-state index in [0.717, 1.165) is 18.2 Å². The van der Waals surface area contributed by atoms with Gasteiger partial charge in [0.25, 0.3) is 0 Å². The van der Waals surface area contributed by atoms with E-state index < -0.39 is 76.9 Å². The number of fused-ring (bicyclic) bond motifs is 1. The highest BCUT2D eigenvalue weighted by molar-refractivity contribution is 5.88. The number of hydrogen-bond acceptors (Lipinski definition) is 13. The van der Waals surface area contributed by atoms with Crippen LogP contribution in [0, 0.1) is 0 Å². The number of hydrogen-bond donors (Lipinski definition) is 8. The van der Waals surface area contributed by atoms with Crippen LogP contribution in [0.15, 0.2) is 33.5 Å². The van der Waals surface area contributed by atoms with E-state index in [1.807, 2.05) is 0 Å². The SMILES string of the molecule is COc1cc(-c2oc3cc(O[C@@H]4OC(CO)[C@H](O)[C@H](O)C4O)cc(O)c3c(=O)c2O)cc(O)c1O. The van der Waals surface area contributed by atoms with Gasteiger partial charge in [0.2, 0.25) is 23.2 Å². The van der Waals surface area contributed by atoms with Gasteiger partial charge in [-0.1, -0.05) is 0 Å². The Kier molecular flexibility index (Phi) is 6.36. The summed E-state index contributed by atoms with van der Waals surface area (Å²) in [6.07, 6.45) is -7.88. The fourth-order valence-electron chi connectivity index (χ4n) is 3.71. The van der Waals surface area contributed by atoms with Crippen LogP contribution in [0.25, 0.3) is 22.3 Å². The predicted octanol–water partition coefficient (Wildman–Crippen LogP) is -0.530. The Morgan fingerprint density at radius 2 is 1.63 bits per heavy atom. The van der Waals surface area contributed by atoms with Gasteiger partial charge >= 0.3 is 0 Å². The van der Waals surface area contributed by atoms with E-state index in [2.05, 4.69) is 0 Å². The van der Waals surface area contributed by atoms with Crippen LogP contribution in [0.1, 0.15) is 0 Å². The molecule has 1 saturated heterocycles. The lowest BCUT2D eigenvalue weighted by atomic mass is 9.99. The number of aliphatic hydroxyl groups excluding tert-OH is 4. The first-order chi connectivity index (χ1) is 16.6. The maximum Gasteiger partial charge on any atom is 0.238 e. The number of ether oxygens (including phenoxy) is 3. The zero-order valence-corrected chi connectivity index (χ0v) is 18.0. The van der Waals surface area contributed by atoms with Crippen molar-refractivity contribution < 1.29 is 59.5 Å². The van der Waals surface area contributed by atoms with Gasteiger partial charge in [0.05, 0.1) is 13.7 Å². The number of aromatic hydroxyl groups is 4. The number of benzene rings is 2. The molecule has 13 nitrogen and oxygen atoms in total. The van der Waals surface area contributed by atoms with E-state index in [4.69, 9.17) is 18.6 Å². The summed E-state index contributed by atoms with van der Waals surface area (Å²) in [5.41, 5.74) is -1.35. The second-order valence-corrected chi connectivity index (χ2v) is 7.79. The molecule has 188 valence electrons. The highest BCUT2D eigenvalue weighted by Gasteiger charge is 2.44. The van der Waals surface area contributed by atoms with Crippen molar-refractivity contribution in [3.8, 4) is 45.8 Å². The highest BCUT2D eigenvalue weighted by atomic mass is 16.7. The molecule has 0 saturated carbocycles. The van der Waals surface area contributed by atoms with Gasteiger partial charge in [-0.2, -0.15) is 0 Å². The zero-order valence-electron chi connectivity index (χ0n) is 18.0. The molecule has 3 aromatic rings. The molecule has 4 rings (SSSR count). The van der Waals surface area contributed by atoms with Crippen molar-refractivity contribution in [3.63, 3.8) is 0 Å². The van der Waals surface area contributed by atoms with Gasteiger partial charge in [-0.3, -0.25) is 4.79 Å². The van der Waals surface area contributed by atoms with Crippen LogP contribution >= 0.6 is 0 Å². The molecule has 1 aliphatic rings. The summed E-state index contributed by atoms with van der Waals surface area (Å²) >= 11 is 0. The van der Waals surface area contributed by atoms with E-state index in [0.29, 0.717) is 0 Å². The van der Waals surface area contributed by atoms with Crippen molar-refractivity contribution in [1.29, 1.82) is 0 Å². The molecular formula is C22H22O13. The second kappa shape index (κ2) is 9.13. The van der Waals surface area contributed by atoms with Crippen LogP contribution in [-0.2, 0) is 4.74 Å². The van der Waals surface area contributed by atoms with Crippen molar-refractivity contribution in [2.45, 2.75) is 30.7 Å². The van der Waals surface area contributed by atoms with Crippen LogP contribution in [0.2, 0.25) is 0 Å². The molecule has 1 aromatic heterocycles. The van der Waals surface area contributed by atoms with Crippen LogP contribution < -0.4 is 14.9 Å². The molecule has 0 bridgehead atoms. The first kappa shape index (κ1) is 24.4. The van der Waals surface area contributed by atoms with E-state index in [1.165, 1.54) is 13.2 Å². The Hall–Kier alpha value is -3.75. The van der Waals surface area contributed by atoms with Crippen LogP contribution in [0.5, 0.6) is 34.5 Å². The lowest BCUT2D eigenvalue weighted by Crippen LogP contribution is -2.60. The van der Waals surface area contributed by atoms with Gasteiger partial charge in [-0.15, -0.1) is 0 Å². The highest BCUT2D eigenvalue weighted by Crippen LogP contribution is 2.42. The van der Waals surface area contributed by atoms with Gasteiger partial charge in [-0.05, 0) is 12.1 Å². The minimum absolute atomic E-state index is 0.0478. The second-order valence-electron chi connectivity index (χ2n) is 7.79. The number of aliphatic hydroxyl groups is 4. The van der Waals surface area contributed by atoms with E-state index in [9.17, 15) is 45.6 Å². The Balaban J connectivity index is 1.79. The summed E-state index contributed by atoms with van der Waals surface area (Å²) in [5.74, 6) is -3.57. The summed E-state index contributed by atoms with van der Waals surface area (Å²) in [4.78, 5) is 12.8. The molecule has 0 aliphatic carbocycles. The molecule has 8 N–H and O–H groups in total. The quantitative estimate of drug-likeness (QED) is 0.209. The molecule has 0 amide bonds. The van der Waals surface area contributed by atoms with E-state index in [-0.39, 0.29) is 22.6 Å². The number of phenols is 3. The Labute approximate surface area is 195 Å². The normalized spacial score (nSPS) is 24.4. The van der Waals surface area contributed by atoms with E-state index >= 15 is 0 Å². The van der Waals surface area contributed by atoms with Gasteiger partial charge in [0.1, 0.15) is 46.9 Å². The van der Waals surface area contributed by atoms with Gasteiger partial charge in [0, 0.05) is 17.7 Å². The standard InChI is InChI=1S/C22H22O13/c1-32-12-3-7(2-10(25)15(12)26)21-19(30)17(28)14-9(24)4-8(5-11(14)34-21)33-22-20(31)18(29)16(27)13(6-23)35-22/h2-5,13,16,18,20,22-27,29-31H,6H2,1H3/t13?,16-,18-,20?,22+/m0/s1. The average Bonchev–Trinajstić information content (AvgIpc) is 2.83. The van der Waals surface area contributed by atoms with Gasteiger partial charge < -0.3 is 59.5 Å². The largest absolute Gasteiger partial charge is 0.507 e. The van der Waals surface area contributed by atoms with Crippen LogP contribution in [0.3, 0.4) is 0 Å². The summed E-state index contributed by atoms with van der Waals surface area (Å²) in [6, 6.07) is 4.29. The first-order valence-electron chi connectivity index (χ1n) is 10.2. The Morgan fingerprint density at radius 3 is 2.29 bits per heavy atom. The summed E-state index contributed by atoms with van der Waals surface area (Å²) < 4.78 is 21.3. The maximum absolute atomic E-state index is 12.8. The van der Waals surface area contributed by atoms with Crippen molar-refractivity contribution in [1.82, 2.24) is 0 Å². The number of methoxy groups -OCH3 is 1. The summed E-state index contributed by atoms with van der Waals surface area (Å²) in [7, 11) is 1.22. The molecule has 13 heteroatoms. The van der Waals surface area contributed by atoms with Gasteiger partial charge in [0.15, 0.2) is 17.3 Å². The fourth-order valence-corrected chi connectivity index (χ4v) is 3.71. The molecule has 0 spiro atoms. The monoisotopic (exact) mass is 494 g/mol. The van der Waals surface area contributed by atoms with Crippen molar-refractivity contribution in [2.75, 3.05) is 13.7 Å². The predicted molar refractivity (Wildman–Crippen MR) is 116 cm³/mol. The molecule has 2 unspecified atom stereocenters. The fraction of sp³-hybridized carbons (Fsp3) is 0.318. The number of phenolic OH excluding ortho intramolecular Hbond substituents is 3. The van der Waals surface area contributed by atoms with Gasteiger partial charge in [-0.25, -0.2) is 0 Å². The molecule has 2 heterocycles. The van der Waals surface area contributed by atoms with Crippen LogP contribution in [0.4, 0.5) is 0 Å². The molecule has 1 aliphatic heterocycles. The van der Waals surface area contributed by atoms with Crippen molar-refractivity contribution in [3.05, 3.63) is 34.5 Å². The van der Waals surface area contributed by atoms with Crippen molar-refractivity contribution in [2.24, 2.45) is 0 Å². The first-order valence-corrected chi connectivity index (χ1v) is 10.2. The minimum atomic E-state index is -1.74. The lowest BCUT2D eigenvalue weighted by molar-refractivity contribution is -0.277. The molecule has 5 atom stereocenters. The third-order valence-electron chi connectivity index (χ3n) is 5.56. The minimum Gasteiger partial charge on any atom is -0.507 e. The Bertz CT molecular complexity index is 1320. The summed E-state index contributed by atoms with van der Waals surface area (Å²) in [6.45, 7) is -0.686. The molecule has 1 fully saturated rings. The topological polar surface area (TPSA) is 220 Å². The van der Waals surface area contributed by atoms with Crippen LogP contribution in [-0.4, -0.2) is 85.3 Å². The van der Waals surface area contributed by atoms with Crippen molar-refractivity contribution >= 4 is 11.0 Å². The molecule has 2 aromatic carbocycles. The number of rotatable bonds is 5.